The van der Waals surface area contributed by atoms with E-state index >= 15 is 0 Å². The van der Waals surface area contributed by atoms with Gasteiger partial charge < -0.3 is 15.7 Å². The Morgan fingerprint density at radius 3 is 2.88 bits per heavy atom. The van der Waals surface area contributed by atoms with Crippen molar-refractivity contribution in [2.75, 3.05) is 11.9 Å². The molecule has 1 aromatic carbocycles. The Balaban J connectivity index is 2.47. The predicted molar refractivity (Wildman–Crippen MR) is 64.5 cm³/mol. The zero-order valence-corrected chi connectivity index (χ0v) is 9.96. The number of aliphatic hydroxyl groups excluding tert-OH is 1. The van der Waals surface area contributed by atoms with E-state index in [0.29, 0.717) is 18.7 Å². The highest BCUT2D eigenvalue weighted by atomic mass is 19.1. The summed E-state index contributed by atoms with van der Waals surface area (Å²) in [6.45, 7) is 3.80. The quantitative estimate of drug-likeness (QED) is 0.754. The predicted octanol–water partition coefficient (Wildman–Crippen LogP) is 2.03. The van der Waals surface area contributed by atoms with Crippen molar-refractivity contribution in [3.63, 3.8) is 0 Å². The molecule has 5 heteroatoms. The monoisotopic (exact) mass is 240 g/mol. The second-order valence-electron chi connectivity index (χ2n) is 3.98. The van der Waals surface area contributed by atoms with Gasteiger partial charge in [-0.3, -0.25) is 0 Å². The van der Waals surface area contributed by atoms with Crippen LogP contribution in [0.25, 0.3) is 0 Å². The number of rotatable bonds is 4. The lowest BCUT2D eigenvalue weighted by atomic mass is 10.2. The van der Waals surface area contributed by atoms with Crippen molar-refractivity contribution in [2.24, 2.45) is 0 Å². The molecule has 17 heavy (non-hydrogen) atoms. The molecule has 0 aliphatic rings. The zero-order chi connectivity index (χ0) is 12.8. The molecule has 0 radical (unpaired) electrons. The standard InChI is InChI=1S/C12H17FN2O2/c1-8-3-4-10(13)7-11(8)15-12(17)14-6-5-9(2)16/h3-4,7,9,16H,5-6H2,1-2H3,(H2,14,15,17). The molecule has 94 valence electrons. The first kappa shape index (κ1) is 13.4. The van der Waals surface area contributed by atoms with E-state index < -0.39 is 18.0 Å². The van der Waals surface area contributed by atoms with Gasteiger partial charge in [0.05, 0.1) is 6.10 Å². The molecule has 0 aliphatic heterocycles. The minimum absolute atomic E-state index is 0.373. The lowest BCUT2D eigenvalue weighted by Gasteiger charge is -2.10. The van der Waals surface area contributed by atoms with Crippen LogP contribution in [0.2, 0.25) is 0 Å². The molecule has 1 unspecified atom stereocenters. The van der Waals surface area contributed by atoms with Crippen LogP contribution in [0.3, 0.4) is 0 Å². The van der Waals surface area contributed by atoms with E-state index in [2.05, 4.69) is 10.6 Å². The first-order valence-electron chi connectivity index (χ1n) is 5.48. The summed E-state index contributed by atoms with van der Waals surface area (Å²) in [5.74, 6) is -0.394. The van der Waals surface area contributed by atoms with Gasteiger partial charge in [-0.05, 0) is 38.0 Å². The van der Waals surface area contributed by atoms with Gasteiger partial charge in [0.2, 0.25) is 0 Å². The Morgan fingerprint density at radius 2 is 2.24 bits per heavy atom. The summed E-state index contributed by atoms with van der Waals surface area (Å²) < 4.78 is 13.0. The number of anilines is 1. The lowest BCUT2D eigenvalue weighted by molar-refractivity contribution is 0.184. The molecule has 1 atom stereocenters. The molecule has 0 aromatic heterocycles. The first-order valence-corrected chi connectivity index (χ1v) is 5.48. The maximum atomic E-state index is 13.0. The third-order valence-electron chi connectivity index (χ3n) is 2.30. The molecule has 0 saturated carbocycles. The minimum atomic E-state index is -0.453. The average Bonchev–Trinajstić information content (AvgIpc) is 2.23. The van der Waals surface area contributed by atoms with Crippen LogP contribution in [0.5, 0.6) is 0 Å². The van der Waals surface area contributed by atoms with Gasteiger partial charge >= 0.3 is 6.03 Å². The lowest BCUT2D eigenvalue weighted by Crippen LogP contribution is -2.31. The number of hydrogen-bond acceptors (Lipinski definition) is 2. The molecule has 2 amide bonds. The van der Waals surface area contributed by atoms with Gasteiger partial charge in [-0.1, -0.05) is 6.07 Å². The van der Waals surface area contributed by atoms with E-state index in [4.69, 9.17) is 5.11 Å². The van der Waals surface area contributed by atoms with E-state index in [-0.39, 0.29) is 0 Å². The fraction of sp³-hybridized carbons (Fsp3) is 0.417. The zero-order valence-electron chi connectivity index (χ0n) is 9.96. The van der Waals surface area contributed by atoms with Crippen LogP contribution in [0.15, 0.2) is 18.2 Å². The second-order valence-corrected chi connectivity index (χ2v) is 3.98. The Kier molecular flexibility index (Phi) is 4.90. The van der Waals surface area contributed by atoms with Crippen molar-refractivity contribution >= 4 is 11.7 Å². The highest BCUT2D eigenvalue weighted by molar-refractivity contribution is 5.89. The van der Waals surface area contributed by atoms with Crippen molar-refractivity contribution in [3.8, 4) is 0 Å². The molecule has 0 saturated heterocycles. The Bertz CT molecular complexity index is 394. The van der Waals surface area contributed by atoms with Crippen LogP contribution in [0.1, 0.15) is 18.9 Å². The SMILES string of the molecule is Cc1ccc(F)cc1NC(=O)NCCC(C)O. The van der Waals surface area contributed by atoms with Gasteiger partial charge in [-0.2, -0.15) is 0 Å². The van der Waals surface area contributed by atoms with Crippen molar-refractivity contribution in [3.05, 3.63) is 29.6 Å². The van der Waals surface area contributed by atoms with E-state index in [0.717, 1.165) is 5.56 Å². The van der Waals surface area contributed by atoms with Crippen LogP contribution >= 0.6 is 0 Å². The average molecular weight is 240 g/mol. The number of aryl methyl sites for hydroxylation is 1. The molecular weight excluding hydrogens is 223 g/mol. The number of benzene rings is 1. The topological polar surface area (TPSA) is 61.4 Å². The third kappa shape index (κ3) is 4.82. The molecular formula is C12H17FN2O2. The number of carbonyl (C=O) groups excluding carboxylic acids is 1. The van der Waals surface area contributed by atoms with Gasteiger partial charge in [0.25, 0.3) is 0 Å². The summed E-state index contributed by atoms with van der Waals surface area (Å²) in [7, 11) is 0. The number of nitrogens with one attached hydrogen (secondary N) is 2. The summed E-state index contributed by atoms with van der Waals surface area (Å²) in [6.07, 6.45) is 0.0291. The molecule has 3 N–H and O–H groups in total. The van der Waals surface area contributed by atoms with E-state index in [1.807, 2.05) is 0 Å². The van der Waals surface area contributed by atoms with Gasteiger partial charge in [-0.25, -0.2) is 9.18 Å². The smallest absolute Gasteiger partial charge is 0.319 e. The summed E-state index contributed by atoms with van der Waals surface area (Å²) in [5.41, 5.74) is 1.23. The number of amides is 2. The Labute approximate surface area is 99.8 Å². The third-order valence-corrected chi connectivity index (χ3v) is 2.30. The van der Waals surface area contributed by atoms with E-state index in [1.54, 1.807) is 19.9 Å². The second kappa shape index (κ2) is 6.20. The van der Waals surface area contributed by atoms with Crippen molar-refractivity contribution in [2.45, 2.75) is 26.4 Å². The molecule has 0 aliphatic carbocycles. The normalized spacial score (nSPS) is 12.0. The Morgan fingerprint density at radius 1 is 1.53 bits per heavy atom. The fourth-order valence-corrected chi connectivity index (χ4v) is 1.29. The van der Waals surface area contributed by atoms with Gasteiger partial charge in [-0.15, -0.1) is 0 Å². The van der Waals surface area contributed by atoms with Crippen molar-refractivity contribution in [1.82, 2.24) is 5.32 Å². The van der Waals surface area contributed by atoms with Crippen LogP contribution in [-0.4, -0.2) is 23.8 Å². The van der Waals surface area contributed by atoms with Crippen LogP contribution in [0, 0.1) is 12.7 Å². The van der Waals surface area contributed by atoms with Gasteiger partial charge in [0.15, 0.2) is 0 Å². The molecule has 0 bridgehead atoms. The largest absolute Gasteiger partial charge is 0.393 e. The summed E-state index contributed by atoms with van der Waals surface area (Å²) in [5, 5.41) is 14.1. The summed E-state index contributed by atoms with van der Waals surface area (Å²) >= 11 is 0. The van der Waals surface area contributed by atoms with Crippen molar-refractivity contribution in [1.29, 1.82) is 0 Å². The van der Waals surface area contributed by atoms with E-state index in [9.17, 15) is 9.18 Å². The molecule has 0 fully saturated rings. The first-order chi connectivity index (χ1) is 7.99. The fourth-order valence-electron chi connectivity index (χ4n) is 1.29. The highest BCUT2D eigenvalue weighted by Gasteiger charge is 2.05. The highest BCUT2D eigenvalue weighted by Crippen LogP contribution is 2.15. The minimum Gasteiger partial charge on any atom is -0.393 e. The number of halogens is 1. The number of aliphatic hydroxyl groups is 1. The van der Waals surface area contributed by atoms with Crippen LogP contribution in [-0.2, 0) is 0 Å². The van der Waals surface area contributed by atoms with Crippen LogP contribution in [0.4, 0.5) is 14.9 Å². The van der Waals surface area contributed by atoms with Gasteiger partial charge in [0, 0.05) is 12.2 Å². The van der Waals surface area contributed by atoms with E-state index in [1.165, 1.54) is 12.1 Å². The molecule has 1 rings (SSSR count). The van der Waals surface area contributed by atoms with Crippen LogP contribution < -0.4 is 10.6 Å². The maximum Gasteiger partial charge on any atom is 0.319 e. The molecule has 1 aromatic rings. The number of hydrogen-bond donors (Lipinski definition) is 3. The van der Waals surface area contributed by atoms with Crippen molar-refractivity contribution < 1.29 is 14.3 Å². The molecule has 0 heterocycles. The number of urea groups is 1. The number of carbonyl (C=O) groups is 1. The summed E-state index contributed by atoms with van der Waals surface area (Å²) in [4.78, 5) is 11.4. The molecule has 0 spiro atoms. The van der Waals surface area contributed by atoms with Gasteiger partial charge in [0.1, 0.15) is 5.82 Å². The Hall–Kier alpha value is -1.62. The maximum absolute atomic E-state index is 13.0. The summed E-state index contributed by atoms with van der Waals surface area (Å²) in [6, 6.07) is 3.80. The molecule has 4 nitrogen and oxygen atoms in total.